The Labute approximate surface area is 109 Å². The molecule has 0 unspecified atom stereocenters. The van der Waals surface area contributed by atoms with E-state index in [0.717, 1.165) is 16.5 Å². The summed E-state index contributed by atoms with van der Waals surface area (Å²) in [5.41, 5.74) is 2.52. The fourth-order valence-corrected chi connectivity index (χ4v) is 2.23. The van der Waals surface area contributed by atoms with Crippen LogP contribution in [0.15, 0.2) is 11.6 Å². The van der Waals surface area contributed by atoms with Gasteiger partial charge in [-0.15, -0.1) is 11.3 Å². The molecule has 0 atom stereocenters. The highest BCUT2D eigenvalue weighted by molar-refractivity contribution is 7.13. The predicted octanol–water partition coefficient (Wildman–Crippen LogP) is 1.64. The molecule has 0 saturated carbocycles. The number of carbonyl (C=O) groups excluding carboxylic acids is 1. The van der Waals surface area contributed by atoms with Crippen molar-refractivity contribution in [3.05, 3.63) is 23.0 Å². The van der Waals surface area contributed by atoms with E-state index in [1.165, 1.54) is 18.4 Å². The standard InChI is InChI=1S/C11H14N4O2S/c1-7-9(5-15(2)14-7)13-11-12-8(6-18-11)4-10(16)17-3/h5-6H,4H2,1-3H3,(H,12,13). The molecule has 7 heteroatoms. The number of hydrogen-bond acceptors (Lipinski definition) is 6. The SMILES string of the molecule is COC(=O)Cc1csc(Nc2cn(C)nc2C)n1. The van der Waals surface area contributed by atoms with Crippen LogP contribution in [0.3, 0.4) is 0 Å². The maximum atomic E-state index is 11.1. The molecule has 0 aliphatic rings. The molecule has 2 heterocycles. The highest BCUT2D eigenvalue weighted by atomic mass is 32.1. The van der Waals surface area contributed by atoms with Crippen LogP contribution in [0.2, 0.25) is 0 Å². The van der Waals surface area contributed by atoms with E-state index in [9.17, 15) is 4.79 Å². The Morgan fingerprint density at radius 2 is 2.39 bits per heavy atom. The number of esters is 1. The first kappa shape index (κ1) is 12.6. The molecule has 18 heavy (non-hydrogen) atoms. The van der Waals surface area contributed by atoms with Crippen molar-refractivity contribution in [3.63, 3.8) is 0 Å². The first-order valence-electron chi connectivity index (χ1n) is 5.37. The maximum Gasteiger partial charge on any atom is 0.311 e. The Hall–Kier alpha value is -1.89. The Bertz CT molecular complexity index is 561. The maximum absolute atomic E-state index is 11.1. The summed E-state index contributed by atoms with van der Waals surface area (Å²) < 4.78 is 6.33. The Balaban J connectivity index is 2.06. The van der Waals surface area contributed by atoms with E-state index in [1.54, 1.807) is 4.68 Å². The second-order valence-electron chi connectivity index (χ2n) is 3.82. The molecule has 1 N–H and O–H groups in total. The first-order chi connectivity index (χ1) is 8.58. The third-order valence-electron chi connectivity index (χ3n) is 2.36. The molecule has 2 rings (SSSR count). The fourth-order valence-electron chi connectivity index (χ4n) is 1.50. The number of methoxy groups -OCH3 is 1. The molecule has 0 aliphatic heterocycles. The minimum absolute atomic E-state index is 0.195. The summed E-state index contributed by atoms with van der Waals surface area (Å²) in [6.45, 7) is 1.92. The van der Waals surface area contributed by atoms with Crippen LogP contribution in [0.1, 0.15) is 11.4 Å². The number of thiazole rings is 1. The molecule has 6 nitrogen and oxygen atoms in total. The fraction of sp³-hybridized carbons (Fsp3) is 0.364. The average Bonchev–Trinajstić information content (AvgIpc) is 2.87. The van der Waals surface area contributed by atoms with Crippen LogP contribution in [0.25, 0.3) is 0 Å². The van der Waals surface area contributed by atoms with E-state index >= 15 is 0 Å². The van der Waals surface area contributed by atoms with Gasteiger partial charge in [-0.05, 0) is 6.92 Å². The van der Waals surface area contributed by atoms with Crippen LogP contribution in [-0.4, -0.2) is 27.8 Å². The molecular formula is C11H14N4O2S. The van der Waals surface area contributed by atoms with E-state index in [0.29, 0.717) is 5.69 Å². The van der Waals surface area contributed by atoms with Gasteiger partial charge in [-0.2, -0.15) is 5.10 Å². The largest absolute Gasteiger partial charge is 0.469 e. The van der Waals surface area contributed by atoms with Gasteiger partial charge in [0.2, 0.25) is 0 Å². The number of aryl methyl sites for hydroxylation is 2. The van der Waals surface area contributed by atoms with E-state index in [1.807, 2.05) is 25.5 Å². The van der Waals surface area contributed by atoms with Crippen LogP contribution in [0.4, 0.5) is 10.8 Å². The van der Waals surface area contributed by atoms with Crippen molar-refractivity contribution < 1.29 is 9.53 Å². The molecule has 0 aromatic carbocycles. The van der Waals surface area contributed by atoms with E-state index in [4.69, 9.17) is 0 Å². The van der Waals surface area contributed by atoms with Crippen molar-refractivity contribution in [1.29, 1.82) is 0 Å². The van der Waals surface area contributed by atoms with Crippen LogP contribution in [0, 0.1) is 6.92 Å². The van der Waals surface area contributed by atoms with Crippen molar-refractivity contribution in [3.8, 4) is 0 Å². The molecule has 2 aromatic rings. The van der Waals surface area contributed by atoms with Gasteiger partial charge < -0.3 is 10.1 Å². The molecule has 0 fully saturated rings. The number of hydrogen-bond donors (Lipinski definition) is 1. The summed E-state index contributed by atoms with van der Waals surface area (Å²) in [5.74, 6) is -0.288. The molecule has 0 radical (unpaired) electrons. The van der Waals surface area contributed by atoms with E-state index < -0.39 is 0 Å². The van der Waals surface area contributed by atoms with Gasteiger partial charge in [0.15, 0.2) is 5.13 Å². The van der Waals surface area contributed by atoms with Gasteiger partial charge in [0.1, 0.15) is 0 Å². The Morgan fingerprint density at radius 3 is 3.00 bits per heavy atom. The second kappa shape index (κ2) is 5.18. The van der Waals surface area contributed by atoms with Crippen molar-refractivity contribution in [2.24, 2.45) is 7.05 Å². The third kappa shape index (κ3) is 2.86. The number of aromatic nitrogens is 3. The van der Waals surface area contributed by atoms with E-state index in [-0.39, 0.29) is 12.4 Å². The molecule has 96 valence electrons. The number of nitrogens with zero attached hydrogens (tertiary/aromatic N) is 3. The van der Waals surface area contributed by atoms with Crippen LogP contribution in [-0.2, 0) is 23.0 Å². The Morgan fingerprint density at radius 1 is 1.61 bits per heavy atom. The number of ether oxygens (including phenoxy) is 1. The number of carbonyl (C=O) groups is 1. The molecule has 0 aliphatic carbocycles. The van der Waals surface area contributed by atoms with Gasteiger partial charge >= 0.3 is 5.97 Å². The Kier molecular flexibility index (Phi) is 3.61. The topological polar surface area (TPSA) is 69.0 Å². The van der Waals surface area contributed by atoms with Crippen LogP contribution in [0.5, 0.6) is 0 Å². The summed E-state index contributed by atoms with van der Waals surface area (Å²) in [4.78, 5) is 15.4. The van der Waals surface area contributed by atoms with Crippen molar-refractivity contribution in [2.45, 2.75) is 13.3 Å². The van der Waals surface area contributed by atoms with Gasteiger partial charge in [0.25, 0.3) is 0 Å². The molecule has 0 spiro atoms. The second-order valence-corrected chi connectivity index (χ2v) is 4.68. The summed E-state index contributed by atoms with van der Waals surface area (Å²) in [6.07, 6.45) is 2.08. The average molecular weight is 266 g/mol. The highest BCUT2D eigenvalue weighted by Crippen LogP contribution is 2.22. The highest BCUT2D eigenvalue weighted by Gasteiger charge is 2.09. The predicted molar refractivity (Wildman–Crippen MR) is 69.1 cm³/mol. The summed E-state index contributed by atoms with van der Waals surface area (Å²) in [5, 5.41) is 9.99. The lowest BCUT2D eigenvalue weighted by atomic mass is 10.3. The van der Waals surface area contributed by atoms with Gasteiger partial charge in [-0.3, -0.25) is 9.48 Å². The van der Waals surface area contributed by atoms with Gasteiger partial charge in [-0.25, -0.2) is 4.98 Å². The van der Waals surface area contributed by atoms with Crippen molar-refractivity contribution in [1.82, 2.24) is 14.8 Å². The van der Waals surface area contributed by atoms with Crippen molar-refractivity contribution in [2.75, 3.05) is 12.4 Å². The summed E-state index contributed by atoms with van der Waals surface area (Å²) >= 11 is 1.45. The van der Waals surface area contributed by atoms with Gasteiger partial charge in [-0.1, -0.05) is 0 Å². The lowest BCUT2D eigenvalue weighted by Gasteiger charge is -1.98. The monoisotopic (exact) mass is 266 g/mol. The molecule has 0 saturated heterocycles. The van der Waals surface area contributed by atoms with Gasteiger partial charge in [0, 0.05) is 18.6 Å². The minimum atomic E-state index is -0.288. The molecular weight excluding hydrogens is 252 g/mol. The smallest absolute Gasteiger partial charge is 0.311 e. The zero-order chi connectivity index (χ0) is 13.1. The number of nitrogens with one attached hydrogen (secondary N) is 1. The van der Waals surface area contributed by atoms with E-state index in [2.05, 4.69) is 20.1 Å². The third-order valence-corrected chi connectivity index (χ3v) is 3.17. The zero-order valence-electron chi connectivity index (χ0n) is 10.4. The number of rotatable bonds is 4. The summed E-state index contributed by atoms with van der Waals surface area (Å²) in [6, 6.07) is 0. The van der Waals surface area contributed by atoms with Crippen molar-refractivity contribution >= 4 is 28.1 Å². The first-order valence-corrected chi connectivity index (χ1v) is 6.25. The summed E-state index contributed by atoms with van der Waals surface area (Å²) in [7, 11) is 3.23. The molecule has 0 bridgehead atoms. The number of anilines is 2. The lowest BCUT2D eigenvalue weighted by molar-refractivity contribution is -0.139. The van der Waals surface area contributed by atoms with Gasteiger partial charge in [0.05, 0.1) is 30.6 Å². The quantitative estimate of drug-likeness (QED) is 0.852. The lowest BCUT2D eigenvalue weighted by Crippen LogP contribution is -2.04. The minimum Gasteiger partial charge on any atom is -0.469 e. The normalized spacial score (nSPS) is 10.4. The van der Waals surface area contributed by atoms with Crippen LogP contribution >= 0.6 is 11.3 Å². The zero-order valence-corrected chi connectivity index (χ0v) is 11.2. The molecule has 2 aromatic heterocycles. The van der Waals surface area contributed by atoms with Crippen LogP contribution < -0.4 is 5.32 Å². The molecule has 0 amide bonds.